The van der Waals surface area contributed by atoms with Crippen LogP contribution in [0.25, 0.3) is 0 Å². The number of hydrogen-bond acceptors (Lipinski definition) is 3. The van der Waals surface area contributed by atoms with E-state index in [-0.39, 0.29) is 5.97 Å². The van der Waals surface area contributed by atoms with Gasteiger partial charge in [0.25, 0.3) is 0 Å². The van der Waals surface area contributed by atoms with Crippen LogP contribution in [-0.4, -0.2) is 30.5 Å². The van der Waals surface area contributed by atoms with Gasteiger partial charge in [-0.2, -0.15) is 0 Å². The summed E-state index contributed by atoms with van der Waals surface area (Å²) >= 11 is 0. The van der Waals surface area contributed by atoms with Crippen molar-refractivity contribution in [1.82, 2.24) is 4.90 Å². The quantitative estimate of drug-likeness (QED) is 0.594. The first kappa shape index (κ1) is 9.71. The Morgan fingerprint density at radius 3 is 3.07 bits per heavy atom. The molecule has 1 heterocycles. The molecule has 1 fully saturated rings. The first-order valence-corrected chi connectivity index (χ1v) is 5.26. The van der Waals surface area contributed by atoms with Gasteiger partial charge in [0, 0.05) is 19.4 Å². The molecule has 14 heavy (non-hydrogen) atoms. The Balaban J connectivity index is 2.07. The predicted octanol–water partition coefficient (Wildman–Crippen LogP) is 1.55. The number of fused-ring (bicyclic) bond motifs is 1. The third kappa shape index (κ3) is 1.82. The van der Waals surface area contributed by atoms with Crippen molar-refractivity contribution in [2.75, 3.05) is 13.6 Å². The van der Waals surface area contributed by atoms with E-state index in [4.69, 9.17) is 4.74 Å². The summed E-state index contributed by atoms with van der Waals surface area (Å²) in [6.07, 6.45) is 5.50. The van der Waals surface area contributed by atoms with Crippen molar-refractivity contribution >= 4 is 5.97 Å². The molecule has 2 rings (SSSR count). The molecule has 0 aromatic heterocycles. The first-order chi connectivity index (χ1) is 6.66. The van der Waals surface area contributed by atoms with Crippen molar-refractivity contribution in [3.63, 3.8) is 0 Å². The average molecular weight is 195 g/mol. The highest BCUT2D eigenvalue weighted by Crippen LogP contribution is 2.34. The molecule has 0 spiro atoms. The Bertz CT molecular complexity index is 272. The molecular weight excluding hydrogens is 178 g/mol. The molecule has 1 aliphatic carbocycles. The molecule has 3 nitrogen and oxygen atoms in total. The Morgan fingerprint density at radius 2 is 2.36 bits per heavy atom. The number of ether oxygens (including phenoxy) is 1. The van der Waals surface area contributed by atoms with E-state index in [1.165, 1.54) is 19.9 Å². The largest absolute Gasteiger partial charge is 0.432 e. The zero-order chi connectivity index (χ0) is 10.1. The van der Waals surface area contributed by atoms with E-state index in [2.05, 4.69) is 18.0 Å². The topological polar surface area (TPSA) is 29.5 Å². The normalized spacial score (nSPS) is 32.3. The molecule has 0 aromatic carbocycles. The van der Waals surface area contributed by atoms with Gasteiger partial charge in [-0.3, -0.25) is 9.69 Å². The van der Waals surface area contributed by atoms with Crippen LogP contribution >= 0.6 is 0 Å². The summed E-state index contributed by atoms with van der Waals surface area (Å²) in [6.45, 7) is 2.63. The molecule has 0 saturated carbocycles. The fourth-order valence-corrected chi connectivity index (χ4v) is 2.50. The smallest absolute Gasteiger partial charge is 0.307 e. The van der Waals surface area contributed by atoms with Gasteiger partial charge in [0.15, 0.2) is 0 Å². The molecule has 0 radical (unpaired) electrons. The lowest BCUT2D eigenvalue weighted by molar-refractivity contribution is -0.137. The molecule has 78 valence electrons. The standard InChI is InChI=1S/C11H17NO2/c1-8(13)14-10-4-3-9-5-6-12(2)11(9)7-10/h7,9,11H,3-6H2,1-2H3/t9?,11-/m0/s1. The van der Waals surface area contributed by atoms with Crippen LogP contribution in [0.2, 0.25) is 0 Å². The van der Waals surface area contributed by atoms with Crippen LogP contribution in [0.3, 0.4) is 0 Å². The molecule has 3 heteroatoms. The number of nitrogens with zero attached hydrogens (tertiary/aromatic N) is 1. The third-order valence-corrected chi connectivity index (χ3v) is 3.24. The van der Waals surface area contributed by atoms with Crippen LogP contribution in [0.4, 0.5) is 0 Å². The van der Waals surface area contributed by atoms with Crippen molar-refractivity contribution in [2.24, 2.45) is 5.92 Å². The number of hydrogen-bond donors (Lipinski definition) is 0. The van der Waals surface area contributed by atoms with Gasteiger partial charge in [0.2, 0.25) is 0 Å². The Kier molecular flexibility index (Phi) is 2.59. The van der Waals surface area contributed by atoms with Gasteiger partial charge in [-0.1, -0.05) is 0 Å². The van der Waals surface area contributed by atoms with Crippen molar-refractivity contribution in [3.8, 4) is 0 Å². The molecular formula is C11H17NO2. The number of rotatable bonds is 1. The summed E-state index contributed by atoms with van der Waals surface area (Å²) < 4.78 is 5.14. The molecule has 0 amide bonds. The lowest BCUT2D eigenvalue weighted by Gasteiger charge is -2.27. The number of carbonyl (C=O) groups is 1. The van der Waals surface area contributed by atoms with E-state index in [1.54, 1.807) is 0 Å². The Hall–Kier alpha value is -0.830. The van der Waals surface area contributed by atoms with Gasteiger partial charge in [-0.25, -0.2) is 0 Å². The van der Waals surface area contributed by atoms with Crippen molar-refractivity contribution in [3.05, 3.63) is 11.8 Å². The van der Waals surface area contributed by atoms with Crippen LogP contribution in [0.1, 0.15) is 26.2 Å². The summed E-state index contributed by atoms with van der Waals surface area (Å²) in [4.78, 5) is 13.1. The van der Waals surface area contributed by atoms with Crippen LogP contribution in [-0.2, 0) is 9.53 Å². The maximum atomic E-state index is 10.8. The zero-order valence-electron chi connectivity index (χ0n) is 8.82. The minimum atomic E-state index is -0.199. The van der Waals surface area contributed by atoms with Gasteiger partial charge in [-0.15, -0.1) is 0 Å². The monoisotopic (exact) mass is 195 g/mol. The lowest BCUT2D eigenvalue weighted by atomic mass is 9.89. The number of likely N-dealkylation sites (N-methyl/N-ethyl adjacent to an activating group) is 1. The number of likely N-dealkylation sites (tertiary alicyclic amines) is 1. The molecule has 1 saturated heterocycles. The van der Waals surface area contributed by atoms with Crippen LogP contribution in [0.5, 0.6) is 0 Å². The van der Waals surface area contributed by atoms with E-state index < -0.39 is 0 Å². The molecule has 0 bridgehead atoms. The average Bonchev–Trinajstić information content (AvgIpc) is 2.47. The van der Waals surface area contributed by atoms with Crippen LogP contribution in [0.15, 0.2) is 11.8 Å². The molecule has 0 aromatic rings. The fourth-order valence-electron chi connectivity index (χ4n) is 2.50. The predicted molar refractivity (Wildman–Crippen MR) is 53.6 cm³/mol. The molecule has 2 atom stereocenters. The highest BCUT2D eigenvalue weighted by Gasteiger charge is 2.33. The fraction of sp³-hybridized carbons (Fsp3) is 0.727. The summed E-state index contributed by atoms with van der Waals surface area (Å²) in [7, 11) is 2.14. The minimum absolute atomic E-state index is 0.199. The van der Waals surface area contributed by atoms with E-state index in [0.29, 0.717) is 6.04 Å². The maximum Gasteiger partial charge on any atom is 0.307 e. The summed E-state index contributed by atoms with van der Waals surface area (Å²) in [6, 6.07) is 0.498. The maximum absolute atomic E-state index is 10.8. The second kappa shape index (κ2) is 3.73. The van der Waals surface area contributed by atoms with Crippen molar-refractivity contribution in [1.29, 1.82) is 0 Å². The highest BCUT2D eigenvalue weighted by molar-refractivity contribution is 5.67. The van der Waals surface area contributed by atoms with E-state index in [9.17, 15) is 4.79 Å². The third-order valence-electron chi connectivity index (χ3n) is 3.24. The number of carbonyl (C=O) groups excluding carboxylic acids is 1. The van der Waals surface area contributed by atoms with Gasteiger partial charge in [0.05, 0.1) is 0 Å². The Morgan fingerprint density at radius 1 is 1.57 bits per heavy atom. The molecule has 2 aliphatic rings. The first-order valence-electron chi connectivity index (χ1n) is 5.26. The van der Waals surface area contributed by atoms with Crippen molar-refractivity contribution < 1.29 is 9.53 Å². The second-order valence-corrected chi connectivity index (χ2v) is 4.29. The van der Waals surface area contributed by atoms with Crippen LogP contribution < -0.4 is 0 Å². The zero-order valence-corrected chi connectivity index (χ0v) is 8.82. The van der Waals surface area contributed by atoms with E-state index in [0.717, 1.165) is 24.5 Å². The van der Waals surface area contributed by atoms with Gasteiger partial charge in [-0.05, 0) is 38.4 Å². The summed E-state index contributed by atoms with van der Waals surface area (Å²) in [5.41, 5.74) is 0. The molecule has 1 unspecified atom stereocenters. The van der Waals surface area contributed by atoms with E-state index in [1.807, 2.05) is 0 Å². The Labute approximate surface area is 84.7 Å². The SMILES string of the molecule is CC(=O)OC1=C[C@H]2C(CC1)CCN2C. The van der Waals surface area contributed by atoms with Crippen LogP contribution in [0, 0.1) is 5.92 Å². The number of allylic oxidation sites excluding steroid dienone is 1. The molecule has 0 N–H and O–H groups in total. The summed E-state index contributed by atoms with van der Waals surface area (Å²) in [5, 5.41) is 0. The van der Waals surface area contributed by atoms with Gasteiger partial charge < -0.3 is 4.74 Å². The number of esters is 1. The summed E-state index contributed by atoms with van der Waals surface area (Å²) in [5.74, 6) is 1.45. The van der Waals surface area contributed by atoms with Gasteiger partial charge >= 0.3 is 5.97 Å². The van der Waals surface area contributed by atoms with Crippen molar-refractivity contribution in [2.45, 2.75) is 32.2 Å². The minimum Gasteiger partial charge on any atom is -0.432 e. The van der Waals surface area contributed by atoms with Gasteiger partial charge in [0.1, 0.15) is 5.76 Å². The lowest BCUT2D eigenvalue weighted by Crippen LogP contribution is -2.30. The van der Waals surface area contributed by atoms with E-state index >= 15 is 0 Å². The molecule has 1 aliphatic heterocycles. The highest BCUT2D eigenvalue weighted by atomic mass is 16.5. The second-order valence-electron chi connectivity index (χ2n) is 4.29.